The first-order chi connectivity index (χ1) is 8.41. The molecule has 0 saturated heterocycles. The summed E-state index contributed by atoms with van der Waals surface area (Å²) in [4.78, 5) is 22.6. The van der Waals surface area contributed by atoms with Crippen molar-refractivity contribution in [2.75, 3.05) is 5.32 Å². The summed E-state index contributed by atoms with van der Waals surface area (Å²) in [5.74, 6) is -1.24. The molecule has 5 nitrogen and oxygen atoms in total. The SMILES string of the molecule is CC(C)[C@@H](NC(=O)Nc1ccccc1Br)C(=O)O. The smallest absolute Gasteiger partial charge is 0.326 e. The van der Waals surface area contributed by atoms with E-state index in [0.29, 0.717) is 5.69 Å². The summed E-state index contributed by atoms with van der Waals surface area (Å²) in [6.07, 6.45) is 0. The highest BCUT2D eigenvalue weighted by Crippen LogP contribution is 2.20. The monoisotopic (exact) mass is 314 g/mol. The van der Waals surface area contributed by atoms with Gasteiger partial charge in [-0.05, 0) is 34.0 Å². The maximum Gasteiger partial charge on any atom is 0.326 e. The molecule has 3 N–H and O–H groups in total. The maximum atomic E-state index is 11.7. The zero-order valence-electron chi connectivity index (χ0n) is 10.1. The van der Waals surface area contributed by atoms with Crippen molar-refractivity contribution in [3.8, 4) is 0 Å². The number of carbonyl (C=O) groups excluding carboxylic acids is 1. The van der Waals surface area contributed by atoms with Gasteiger partial charge >= 0.3 is 12.0 Å². The van der Waals surface area contributed by atoms with E-state index in [1.165, 1.54) is 0 Å². The summed E-state index contributed by atoms with van der Waals surface area (Å²) in [5.41, 5.74) is 0.586. The zero-order chi connectivity index (χ0) is 13.7. The molecular weight excluding hydrogens is 300 g/mol. The number of hydrogen-bond acceptors (Lipinski definition) is 2. The molecule has 18 heavy (non-hydrogen) atoms. The van der Waals surface area contributed by atoms with Crippen LogP contribution in [0.15, 0.2) is 28.7 Å². The lowest BCUT2D eigenvalue weighted by atomic mass is 10.1. The Morgan fingerprint density at radius 2 is 1.89 bits per heavy atom. The minimum absolute atomic E-state index is 0.188. The Balaban J connectivity index is 2.67. The van der Waals surface area contributed by atoms with Gasteiger partial charge in [-0.2, -0.15) is 0 Å². The Labute approximate surface area is 114 Å². The van der Waals surface area contributed by atoms with Crippen LogP contribution in [0, 0.1) is 5.92 Å². The van der Waals surface area contributed by atoms with Gasteiger partial charge in [0.15, 0.2) is 0 Å². The van der Waals surface area contributed by atoms with Gasteiger partial charge in [0.05, 0.1) is 5.69 Å². The summed E-state index contributed by atoms with van der Waals surface area (Å²) >= 11 is 3.29. The van der Waals surface area contributed by atoms with E-state index in [0.717, 1.165) is 4.47 Å². The van der Waals surface area contributed by atoms with Crippen LogP contribution < -0.4 is 10.6 Å². The topological polar surface area (TPSA) is 78.4 Å². The van der Waals surface area contributed by atoms with Gasteiger partial charge in [0.2, 0.25) is 0 Å². The fraction of sp³-hybridized carbons (Fsp3) is 0.333. The minimum atomic E-state index is -1.05. The first kappa shape index (κ1) is 14.5. The van der Waals surface area contributed by atoms with E-state index in [1.807, 2.05) is 6.07 Å². The quantitative estimate of drug-likeness (QED) is 0.799. The molecule has 0 radical (unpaired) electrons. The number of benzene rings is 1. The number of amides is 2. The predicted molar refractivity (Wildman–Crippen MR) is 72.6 cm³/mol. The van der Waals surface area contributed by atoms with E-state index < -0.39 is 18.0 Å². The second kappa shape index (κ2) is 6.39. The van der Waals surface area contributed by atoms with Gasteiger partial charge in [-0.15, -0.1) is 0 Å². The van der Waals surface area contributed by atoms with Crippen LogP contribution in [-0.2, 0) is 4.79 Å². The van der Waals surface area contributed by atoms with E-state index in [4.69, 9.17) is 5.11 Å². The molecule has 0 spiro atoms. The standard InChI is InChI=1S/C12H15BrN2O3/c1-7(2)10(11(16)17)15-12(18)14-9-6-4-3-5-8(9)13/h3-7,10H,1-2H3,(H,16,17)(H2,14,15,18)/t10-/m1/s1. The Bertz CT molecular complexity index is 449. The Hall–Kier alpha value is -1.56. The van der Waals surface area contributed by atoms with Gasteiger partial charge in [-0.1, -0.05) is 26.0 Å². The van der Waals surface area contributed by atoms with Crippen LogP contribution in [0.5, 0.6) is 0 Å². The number of nitrogens with one attached hydrogen (secondary N) is 2. The number of anilines is 1. The summed E-state index contributed by atoms with van der Waals surface area (Å²) in [5, 5.41) is 14.0. The summed E-state index contributed by atoms with van der Waals surface area (Å²) in [6.45, 7) is 3.47. The third-order valence-electron chi connectivity index (χ3n) is 2.34. The molecule has 6 heteroatoms. The number of hydrogen-bond donors (Lipinski definition) is 3. The molecule has 0 unspecified atom stereocenters. The Morgan fingerprint density at radius 1 is 1.28 bits per heavy atom. The highest BCUT2D eigenvalue weighted by Gasteiger charge is 2.23. The van der Waals surface area contributed by atoms with E-state index in [9.17, 15) is 9.59 Å². The molecule has 2 amide bonds. The van der Waals surface area contributed by atoms with Gasteiger partial charge in [-0.3, -0.25) is 0 Å². The third kappa shape index (κ3) is 4.03. The lowest BCUT2D eigenvalue weighted by Crippen LogP contribution is -2.46. The van der Waals surface area contributed by atoms with Crippen LogP contribution in [0.1, 0.15) is 13.8 Å². The number of carbonyl (C=O) groups is 2. The highest BCUT2D eigenvalue weighted by molar-refractivity contribution is 9.10. The van der Waals surface area contributed by atoms with Gasteiger partial charge in [0.25, 0.3) is 0 Å². The van der Waals surface area contributed by atoms with Crippen LogP contribution in [0.25, 0.3) is 0 Å². The Morgan fingerprint density at radius 3 is 2.39 bits per heavy atom. The fourth-order valence-electron chi connectivity index (χ4n) is 1.38. The summed E-state index contributed by atoms with van der Waals surface area (Å²) in [6, 6.07) is 5.65. The van der Waals surface area contributed by atoms with Crippen molar-refractivity contribution in [2.24, 2.45) is 5.92 Å². The molecule has 1 aromatic carbocycles. The van der Waals surface area contributed by atoms with Gasteiger partial charge in [0, 0.05) is 4.47 Å². The first-order valence-electron chi connectivity index (χ1n) is 5.46. The largest absolute Gasteiger partial charge is 0.480 e. The van der Waals surface area contributed by atoms with Crippen molar-refractivity contribution < 1.29 is 14.7 Å². The lowest BCUT2D eigenvalue weighted by molar-refractivity contribution is -0.140. The van der Waals surface area contributed by atoms with Crippen molar-refractivity contribution in [3.63, 3.8) is 0 Å². The number of aliphatic carboxylic acids is 1. The minimum Gasteiger partial charge on any atom is -0.480 e. The number of carboxylic acid groups (broad SMARTS) is 1. The van der Waals surface area contributed by atoms with Crippen molar-refractivity contribution in [1.82, 2.24) is 5.32 Å². The first-order valence-corrected chi connectivity index (χ1v) is 6.26. The molecule has 0 bridgehead atoms. The molecule has 0 heterocycles. The van der Waals surface area contributed by atoms with Gasteiger partial charge < -0.3 is 15.7 Å². The van der Waals surface area contributed by atoms with E-state index in [-0.39, 0.29) is 5.92 Å². The normalized spacial score (nSPS) is 12.0. The van der Waals surface area contributed by atoms with Gasteiger partial charge in [-0.25, -0.2) is 9.59 Å². The second-order valence-corrected chi connectivity index (χ2v) is 4.99. The molecule has 0 aliphatic rings. The number of rotatable bonds is 4. The summed E-state index contributed by atoms with van der Waals surface area (Å²) in [7, 11) is 0. The molecule has 0 aromatic heterocycles. The molecule has 1 aromatic rings. The molecule has 0 aliphatic carbocycles. The van der Waals surface area contributed by atoms with Crippen molar-refractivity contribution in [3.05, 3.63) is 28.7 Å². The molecule has 0 fully saturated rings. The second-order valence-electron chi connectivity index (χ2n) is 4.14. The molecule has 0 saturated carbocycles. The molecule has 98 valence electrons. The number of carboxylic acids is 1. The van der Waals surface area contributed by atoms with E-state index in [2.05, 4.69) is 26.6 Å². The average molecular weight is 315 g/mol. The number of halogens is 1. The molecular formula is C12H15BrN2O3. The highest BCUT2D eigenvalue weighted by atomic mass is 79.9. The third-order valence-corrected chi connectivity index (χ3v) is 3.03. The van der Waals surface area contributed by atoms with E-state index in [1.54, 1.807) is 32.0 Å². The van der Waals surface area contributed by atoms with E-state index >= 15 is 0 Å². The van der Waals surface area contributed by atoms with Crippen LogP contribution in [0.3, 0.4) is 0 Å². The number of para-hydroxylation sites is 1. The fourth-order valence-corrected chi connectivity index (χ4v) is 1.76. The summed E-state index contributed by atoms with van der Waals surface area (Å²) < 4.78 is 0.733. The number of urea groups is 1. The van der Waals surface area contributed by atoms with Crippen LogP contribution in [0.2, 0.25) is 0 Å². The zero-order valence-corrected chi connectivity index (χ0v) is 11.7. The van der Waals surface area contributed by atoms with Crippen molar-refractivity contribution >= 4 is 33.6 Å². The Kier molecular flexibility index (Phi) is 5.15. The van der Waals surface area contributed by atoms with Crippen LogP contribution in [-0.4, -0.2) is 23.1 Å². The predicted octanol–water partition coefficient (Wildman–Crippen LogP) is 2.68. The lowest BCUT2D eigenvalue weighted by Gasteiger charge is -2.18. The van der Waals surface area contributed by atoms with Gasteiger partial charge in [0.1, 0.15) is 6.04 Å². The molecule has 1 rings (SSSR count). The average Bonchev–Trinajstić information content (AvgIpc) is 2.28. The van der Waals surface area contributed by atoms with Crippen LogP contribution in [0.4, 0.5) is 10.5 Å². The maximum absolute atomic E-state index is 11.7. The van der Waals surface area contributed by atoms with Crippen molar-refractivity contribution in [1.29, 1.82) is 0 Å². The van der Waals surface area contributed by atoms with Crippen LogP contribution >= 0.6 is 15.9 Å². The molecule has 0 aliphatic heterocycles. The molecule has 1 atom stereocenters. The van der Waals surface area contributed by atoms with Crippen molar-refractivity contribution in [2.45, 2.75) is 19.9 Å².